The van der Waals surface area contributed by atoms with E-state index in [1.807, 2.05) is 0 Å². The summed E-state index contributed by atoms with van der Waals surface area (Å²) in [4.78, 5) is 4.12. The molecule has 4 heteroatoms. The van der Waals surface area contributed by atoms with Gasteiger partial charge in [0.25, 0.3) is 0 Å². The highest BCUT2D eigenvalue weighted by atomic mass is 16.5. The maximum Gasteiger partial charge on any atom is 0.181 e. The zero-order valence-corrected chi connectivity index (χ0v) is 8.88. The van der Waals surface area contributed by atoms with Crippen LogP contribution in [-0.4, -0.2) is 18.1 Å². The molecule has 0 bridgehead atoms. The third-order valence-electron chi connectivity index (χ3n) is 1.85. The number of ether oxygens (including phenoxy) is 1. The summed E-state index contributed by atoms with van der Waals surface area (Å²) < 4.78 is 10.6. The normalized spacial score (nSPS) is 10.7. The lowest BCUT2D eigenvalue weighted by Crippen LogP contribution is -2.13. The Hall–Kier alpha value is -0.870. The van der Waals surface area contributed by atoms with Crippen LogP contribution in [0.25, 0.3) is 0 Å². The van der Waals surface area contributed by atoms with E-state index in [1.54, 1.807) is 0 Å². The Morgan fingerprint density at radius 1 is 1.50 bits per heavy atom. The molecule has 1 N–H and O–H groups in total. The summed E-state index contributed by atoms with van der Waals surface area (Å²) in [5.41, 5.74) is 0.947. The number of hydrogen-bond acceptors (Lipinski definition) is 4. The van der Waals surface area contributed by atoms with E-state index >= 15 is 0 Å². The van der Waals surface area contributed by atoms with Crippen molar-refractivity contribution < 1.29 is 9.15 Å². The van der Waals surface area contributed by atoms with E-state index in [-0.39, 0.29) is 0 Å². The Morgan fingerprint density at radius 3 is 3.07 bits per heavy atom. The van der Waals surface area contributed by atoms with Crippen LogP contribution in [0.5, 0.6) is 0 Å². The molecule has 0 aliphatic rings. The summed E-state index contributed by atoms with van der Waals surface area (Å²) >= 11 is 0. The highest BCUT2D eigenvalue weighted by Gasteiger charge is 2.06. The molecule has 0 aliphatic carbocycles. The number of nitrogens with one attached hydrogen (secondary N) is 1. The standard InChI is InChI=1S/C10H18N2O2/c1-3-5-13-7-10-9(6-11-4-2)12-8-14-10/h8,11H,3-7H2,1-2H3. The third-order valence-corrected chi connectivity index (χ3v) is 1.85. The lowest BCUT2D eigenvalue weighted by molar-refractivity contribution is 0.106. The highest BCUT2D eigenvalue weighted by Crippen LogP contribution is 2.08. The van der Waals surface area contributed by atoms with E-state index in [0.29, 0.717) is 6.61 Å². The predicted octanol–water partition coefficient (Wildman–Crippen LogP) is 1.71. The number of oxazole rings is 1. The average molecular weight is 198 g/mol. The van der Waals surface area contributed by atoms with Crippen molar-refractivity contribution >= 4 is 0 Å². The van der Waals surface area contributed by atoms with E-state index in [9.17, 15) is 0 Å². The van der Waals surface area contributed by atoms with Crippen LogP contribution in [0, 0.1) is 0 Å². The Morgan fingerprint density at radius 2 is 2.36 bits per heavy atom. The Labute approximate surface area is 84.7 Å². The molecule has 0 amide bonds. The second kappa shape index (κ2) is 6.56. The van der Waals surface area contributed by atoms with Gasteiger partial charge in [-0.3, -0.25) is 0 Å². The van der Waals surface area contributed by atoms with Gasteiger partial charge in [0, 0.05) is 13.2 Å². The smallest absolute Gasteiger partial charge is 0.181 e. The van der Waals surface area contributed by atoms with Crippen molar-refractivity contribution in [3.05, 3.63) is 17.8 Å². The summed E-state index contributed by atoms with van der Waals surface area (Å²) in [5, 5.41) is 3.20. The van der Waals surface area contributed by atoms with Gasteiger partial charge in [-0.1, -0.05) is 13.8 Å². The molecule has 1 rings (SSSR count). The van der Waals surface area contributed by atoms with Crippen LogP contribution in [0.1, 0.15) is 31.7 Å². The van der Waals surface area contributed by atoms with Gasteiger partial charge in [0.15, 0.2) is 12.2 Å². The Bertz CT molecular complexity index is 248. The summed E-state index contributed by atoms with van der Waals surface area (Å²) in [6.45, 7) is 7.11. The second-order valence-corrected chi connectivity index (χ2v) is 3.06. The summed E-state index contributed by atoms with van der Waals surface area (Å²) in [7, 11) is 0. The summed E-state index contributed by atoms with van der Waals surface area (Å²) in [6.07, 6.45) is 2.49. The van der Waals surface area contributed by atoms with Gasteiger partial charge in [0.2, 0.25) is 0 Å². The molecular formula is C10H18N2O2. The monoisotopic (exact) mass is 198 g/mol. The van der Waals surface area contributed by atoms with Gasteiger partial charge in [-0.15, -0.1) is 0 Å². The van der Waals surface area contributed by atoms with Crippen molar-refractivity contribution in [3.8, 4) is 0 Å². The lowest BCUT2D eigenvalue weighted by Gasteiger charge is -2.02. The van der Waals surface area contributed by atoms with Crippen molar-refractivity contribution in [1.82, 2.24) is 10.3 Å². The fourth-order valence-electron chi connectivity index (χ4n) is 1.11. The van der Waals surface area contributed by atoms with Crippen LogP contribution in [-0.2, 0) is 17.9 Å². The van der Waals surface area contributed by atoms with E-state index in [4.69, 9.17) is 9.15 Å². The van der Waals surface area contributed by atoms with E-state index < -0.39 is 0 Å². The minimum absolute atomic E-state index is 0.522. The van der Waals surface area contributed by atoms with Crippen LogP contribution in [0.15, 0.2) is 10.8 Å². The Balaban J connectivity index is 2.37. The first-order valence-corrected chi connectivity index (χ1v) is 5.08. The largest absolute Gasteiger partial charge is 0.446 e. The molecule has 80 valence electrons. The molecule has 0 unspecified atom stereocenters. The number of hydrogen-bond donors (Lipinski definition) is 1. The molecule has 0 saturated heterocycles. The molecule has 0 fully saturated rings. The number of rotatable bonds is 7. The van der Waals surface area contributed by atoms with Crippen LogP contribution in [0.3, 0.4) is 0 Å². The molecule has 1 heterocycles. The van der Waals surface area contributed by atoms with Crippen LogP contribution < -0.4 is 5.32 Å². The van der Waals surface area contributed by atoms with Gasteiger partial charge >= 0.3 is 0 Å². The minimum Gasteiger partial charge on any atom is -0.446 e. The molecule has 4 nitrogen and oxygen atoms in total. The molecule has 0 spiro atoms. The molecule has 0 aliphatic heterocycles. The van der Waals surface area contributed by atoms with Crippen molar-refractivity contribution in [3.63, 3.8) is 0 Å². The number of aromatic nitrogens is 1. The highest BCUT2D eigenvalue weighted by molar-refractivity contribution is 5.05. The zero-order valence-electron chi connectivity index (χ0n) is 8.88. The molecule has 0 atom stereocenters. The Kier molecular flexibility index (Phi) is 5.25. The second-order valence-electron chi connectivity index (χ2n) is 3.06. The molecule has 1 aromatic rings. The summed E-state index contributed by atoms with van der Waals surface area (Å²) in [5.74, 6) is 0.833. The average Bonchev–Trinajstić information content (AvgIpc) is 2.63. The molecule has 0 aromatic carbocycles. The molecule has 14 heavy (non-hydrogen) atoms. The first kappa shape index (κ1) is 11.2. The number of nitrogens with zero attached hydrogens (tertiary/aromatic N) is 1. The fourth-order valence-corrected chi connectivity index (χ4v) is 1.11. The topological polar surface area (TPSA) is 47.3 Å². The molecular weight excluding hydrogens is 180 g/mol. The van der Waals surface area contributed by atoms with E-state index in [1.165, 1.54) is 6.39 Å². The quantitative estimate of drug-likeness (QED) is 0.677. The molecule has 0 saturated carbocycles. The van der Waals surface area contributed by atoms with Crippen molar-refractivity contribution in [1.29, 1.82) is 0 Å². The fraction of sp³-hybridized carbons (Fsp3) is 0.700. The predicted molar refractivity (Wildman–Crippen MR) is 53.8 cm³/mol. The van der Waals surface area contributed by atoms with Crippen molar-refractivity contribution in [2.24, 2.45) is 0 Å². The van der Waals surface area contributed by atoms with Crippen molar-refractivity contribution in [2.75, 3.05) is 13.2 Å². The van der Waals surface area contributed by atoms with Gasteiger partial charge < -0.3 is 14.5 Å². The molecule has 0 radical (unpaired) electrons. The third kappa shape index (κ3) is 3.47. The summed E-state index contributed by atoms with van der Waals surface area (Å²) in [6, 6.07) is 0. The van der Waals surface area contributed by atoms with Crippen LogP contribution in [0.2, 0.25) is 0 Å². The van der Waals surface area contributed by atoms with Gasteiger partial charge in [-0.05, 0) is 13.0 Å². The van der Waals surface area contributed by atoms with E-state index in [2.05, 4.69) is 24.1 Å². The van der Waals surface area contributed by atoms with Crippen LogP contribution >= 0.6 is 0 Å². The first-order chi connectivity index (χ1) is 6.88. The molecule has 1 aromatic heterocycles. The SMILES string of the molecule is CCCOCc1ocnc1CNCC. The minimum atomic E-state index is 0.522. The zero-order chi connectivity index (χ0) is 10.2. The lowest BCUT2D eigenvalue weighted by atomic mass is 10.3. The maximum absolute atomic E-state index is 5.39. The van der Waals surface area contributed by atoms with Crippen LogP contribution in [0.4, 0.5) is 0 Å². The van der Waals surface area contributed by atoms with Crippen molar-refractivity contribution in [2.45, 2.75) is 33.4 Å². The van der Waals surface area contributed by atoms with Gasteiger partial charge in [0.1, 0.15) is 6.61 Å². The van der Waals surface area contributed by atoms with Gasteiger partial charge in [-0.2, -0.15) is 0 Å². The van der Waals surface area contributed by atoms with Gasteiger partial charge in [-0.25, -0.2) is 4.98 Å². The first-order valence-electron chi connectivity index (χ1n) is 5.08. The maximum atomic E-state index is 5.39. The van der Waals surface area contributed by atoms with Gasteiger partial charge in [0.05, 0.1) is 5.69 Å². The van der Waals surface area contributed by atoms with E-state index in [0.717, 1.165) is 37.6 Å².